The van der Waals surface area contributed by atoms with Crippen LogP contribution in [0.15, 0.2) is 35.4 Å². The number of amides is 1. The molecule has 0 unspecified atom stereocenters. The summed E-state index contributed by atoms with van der Waals surface area (Å²) in [4.78, 5) is 12.0. The van der Waals surface area contributed by atoms with Crippen LogP contribution in [0.5, 0.6) is 5.75 Å². The Morgan fingerprint density at radius 1 is 1.35 bits per heavy atom. The van der Waals surface area contributed by atoms with Gasteiger partial charge in [0.25, 0.3) is 0 Å². The molecule has 0 spiro atoms. The number of carbonyl (C=O) groups excluding carboxylic acids is 1. The molecule has 0 atom stereocenters. The topological polar surface area (TPSA) is 101 Å². The molecule has 0 fully saturated rings. The summed E-state index contributed by atoms with van der Waals surface area (Å²) in [6.45, 7) is 3.79. The smallest absolute Gasteiger partial charge is 0.226 e. The van der Waals surface area contributed by atoms with Crippen LogP contribution in [0.4, 0.5) is 5.69 Å². The molecule has 124 valence electrons. The number of aryl methyl sites for hydroxylation is 2. The summed E-state index contributed by atoms with van der Waals surface area (Å²) < 4.78 is 25.4. The zero-order chi connectivity index (χ0) is 17.0. The van der Waals surface area contributed by atoms with Gasteiger partial charge in [0.1, 0.15) is 5.75 Å². The molecule has 2 aromatic rings. The minimum atomic E-state index is -3.40. The number of hydrogen-bond acceptors (Lipinski definition) is 5. The molecule has 0 radical (unpaired) electrons. The maximum atomic E-state index is 12.0. The fraction of sp³-hybridized carbons (Fsp3) is 0.333. The van der Waals surface area contributed by atoms with Gasteiger partial charge in [-0.25, -0.2) is 8.42 Å². The average molecular weight is 337 g/mol. The SMILES string of the molecule is CCS(=O)(=O)c1ccc(O)c(NC(=O)CCn2ccc(C)n2)c1. The Bertz CT molecular complexity index is 812. The fourth-order valence-corrected chi connectivity index (χ4v) is 2.90. The van der Waals surface area contributed by atoms with Crippen LogP contribution >= 0.6 is 0 Å². The highest BCUT2D eigenvalue weighted by molar-refractivity contribution is 7.91. The highest BCUT2D eigenvalue weighted by Gasteiger charge is 2.15. The fourth-order valence-electron chi connectivity index (χ4n) is 1.99. The van der Waals surface area contributed by atoms with Crippen molar-refractivity contribution in [3.63, 3.8) is 0 Å². The highest BCUT2D eigenvalue weighted by Crippen LogP contribution is 2.27. The van der Waals surface area contributed by atoms with Gasteiger partial charge in [-0.3, -0.25) is 9.48 Å². The molecule has 0 saturated carbocycles. The van der Waals surface area contributed by atoms with Crippen molar-refractivity contribution < 1.29 is 18.3 Å². The molecule has 1 heterocycles. The molecule has 1 aromatic heterocycles. The molecule has 2 N–H and O–H groups in total. The van der Waals surface area contributed by atoms with Crippen LogP contribution in [0.3, 0.4) is 0 Å². The number of phenols is 1. The van der Waals surface area contributed by atoms with Gasteiger partial charge < -0.3 is 10.4 Å². The van der Waals surface area contributed by atoms with Crippen molar-refractivity contribution in [1.82, 2.24) is 9.78 Å². The quantitative estimate of drug-likeness (QED) is 0.782. The summed E-state index contributed by atoms with van der Waals surface area (Å²) in [6.07, 6.45) is 1.93. The summed E-state index contributed by atoms with van der Waals surface area (Å²) in [6, 6.07) is 5.68. The van der Waals surface area contributed by atoms with E-state index in [1.165, 1.54) is 25.1 Å². The minimum Gasteiger partial charge on any atom is -0.506 e. The van der Waals surface area contributed by atoms with Crippen molar-refractivity contribution in [2.75, 3.05) is 11.1 Å². The summed E-state index contributed by atoms with van der Waals surface area (Å²) in [5.74, 6) is -0.563. The Morgan fingerprint density at radius 3 is 2.70 bits per heavy atom. The molecule has 1 amide bonds. The van der Waals surface area contributed by atoms with Gasteiger partial charge in [0, 0.05) is 19.2 Å². The van der Waals surface area contributed by atoms with E-state index in [-0.39, 0.29) is 34.4 Å². The third-order valence-electron chi connectivity index (χ3n) is 3.32. The van der Waals surface area contributed by atoms with Gasteiger partial charge >= 0.3 is 0 Å². The van der Waals surface area contributed by atoms with Crippen LogP contribution < -0.4 is 5.32 Å². The number of nitrogens with zero attached hydrogens (tertiary/aromatic N) is 2. The van der Waals surface area contributed by atoms with Crippen LogP contribution in [0.25, 0.3) is 0 Å². The lowest BCUT2D eigenvalue weighted by Crippen LogP contribution is -2.15. The number of sulfone groups is 1. The van der Waals surface area contributed by atoms with E-state index in [0.29, 0.717) is 6.54 Å². The maximum absolute atomic E-state index is 12.0. The Kier molecular flexibility index (Phi) is 5.05. The number of nitrogens with one attached hydrogen (secondary N) is 1. The monoisotopic (exact) mass is 337 g/mol. The number of carbonyl (C=O) groups is 1. The van der Waals surface area contributed by atoms with E-state index in [2.05, 4.69) is 10.4 Å². The van der Waals surface area contributed by atoms with Gasteiger partial charge in [0.05, 0.1) is 22.0 Å². The number of anilines is 1. The normalized spacial score (nSPS) is 11.4. The van der Waals surface area contributed by atoms with Gasteiger partial charge in [-0.2, -0.15) is 5.10 Å². The minimum absolute atomic E-state index is 0.0518. The van der Waals surface area contributed by atoms with E-state index in [0.717, 1.165) is 5.69 Å². The zero-order valence-corrected chi connectivity index (χ0v) is 13.8. The Balaban J connectivity index is 2.06. The number of benzene rings is 1. The second-order valence-electron chi connectivity index (χ2n) is 5.10. The molecular weight excluding hydrogens is 318 g/mol. The molecule has 0 aliphatic heterocycles. The number of hydrogen-bond donors (Lipinski definition) is 2. The van der Waals surface area contributed by atoms with Crippen LogP contribution in [0, 0.1) is 6.92 Å². The maximum Gasteiger partial charge on any atom is 0.226 e. The van der Waals surface area contributed by atoms with E-state index in [1.54, 1.807) is 10.9 Å². The van der Waals surface area contributed by atoms with Gasteiger partial charge in [-0.15, -0.1) is 0 Å². The zero-order valence-electron chi connectivity index (χ0n) is 13.0. The van der Waals surface area contributed by atoms with Gasteiger partial charge in [-0.1, -0.05) is 6.92 Å². The molecule has 0 aliphatic rings. The molecule has 2 rings (SSSR count). The third kappa shape index (κ3) is 4.32. The number of rotatable bonds is 6. The van der Waals surface area contributed by atoms with E-state index in [4.69, 9.17) is 0 Å². The Morgan fingerprint density at radius 2 is 2.09 bits per heavy atom. The van der Waals surface area contributed by atoms with Crippen LogP contribution in [0.1, 0.15) is 19.0 Å². The first kappa shape index (κ1) is 17.0. The third-order valence-corrected chi connectivity index (χ3v) is 5.06. The summed E-state index contributed by atoms with van der Waals surface area (Å²) in [5, 5.41) is 16.5. The van der Waals surface area contributed by atoms with Crippen molar-refractivity contribution in [3.8, 4) is 5.75 Å². The summed E-state index contributed by atoms with van der Waals surface area (Å²) in [7, 11) is -3.40. The molecule has 0 saturated heterocycles. The largest absolute Gasteiger partial charge is 0.506 e. The first-order chi connectivity index (χ1) is 10.8. The van der Waals surface area contributed by atoms with Crippen LogP contribution in [0.2, 0.25) is 0 Å². The molecule has 0 bridgehead atoms. The molecule has 8 heteroatoms. The van der Waals surface area contributed by atoms with Crippen molar-refractivity contribution in [1.29, 1.82) is 0 Å². The van der Waals surface area contributed by atoms with Crippen LogP contribution in [-0.2, 0) is 21.2 Å². The standard InChI is InChI=1S/C15H19N3O4S/c1-3-23(21,22)12-4-5-14(19)13(10-12)16-15(20)7-9-18-8-6-11(2)17-18/h4-6,8,10,19H,3,7,9H2,1-2H3,(H,16,20). The number of aromatic nitrogens is 2. The first-order valence-corrected chi connectivity index (χ1v) is 8.82. The van der Waals surface area contributed by atoms with E-state index in [1.807, 2.05) is 13.0 Å². The molecule has 0 aliphatic carbocycles. The van der Waals surface area contributed by atoms with Crippen molar-refractivity contribution in [2.45, 2.75) is 31.7 Å². The Hall–Kier alpha value is -2.35. The lowest BCUT2D eigenvalue weighted by atomic mass is 10.3. The first-order valence-electron chi connectivity index (χ1n) is 7.17. The summed E-state index contributed by atoms with van der Waals surface area (Å²) >= 11 is 0. The lowest BCUT2D eigenvalue weighted by Gasteiger charge is -2.10. The van der Waals surface area contributed by atoms with Gasteiger partial charge in [-0.05, 0) is 31.2 Å². The molecule has 1 aromatic carbocycles. The lowest BCUT2D eigenvalue weighted by molar-refractivity contribution is -0.116. The average Bonchev–Trinajstić information content (AvgIpc) is 2.93. The highest BCUT2D eigenvalue weighted by atomic mass is 32.2. The molecular formula is C15H19N3O4S. The predicted octanol–water partition coefficient (Wildman–Crippen LogP) is 1.72. The van der Waals surface area contributed by atoms with Crippen molar-refractivity contribution in [2.24, 2.45) is 0 Å². The second-order valence-corrected chi connectivity index (χ2v) is 7.38. The van der Waals surface area contributed by atoms with Crippen LogP contribution in [-0.4, -0.2) is 35.0 Å². The second kappa shape index (κ2) is 6.82. The molecule has 7 nitrogen and oxygen atoms in total. The Labute approximate surface area is 134 Å². The number of aromatic hydroxyl groups is 1. The van der Waals surface area contributed by atoms with Crippen molar-refractivity contribution in [3.05, 3.63) is 36.2 Å². The van der Waals surface area contributed by atoms with Gasteiger partial charge in [0.15, 0.2) is 9.84 Å². The van der Waals surface area contributed by atoms with E-state index >= 15 is 0 Å². The van der Waals surface area contributed by atoms with E-state index < -0.39 is 9.84 Å². The summed E-state index contributed by atoms with van der Waals surface area (Å²) in [5.41, 5.74) is 0.946. The molecule has 23 heavy (non-hydrogen) atoms. The van der Waals surface area contributed by atoms with E-state index in [9.17, 15) is 18.3 Å². The predicted molar refractivity (Wildman–Crippen MR) is 86.0 cm³/mol. The number of phenolic OH excluding ortho intramolecular Hbond substituents is 1. The van der Waals surface area contributed by atoms with Gasteiger partial charge in [0.2, 0.25) is 5.91 Å². The van der Waals surface area contributed by atoms with Crippen molar-refractivity contribution >= 4 is 21.4 Å².